The van der Waals surface area contributed by atoms with Crippen LogP contribution in [-0.2, 0) is 4.08 Å². The Bertz CT molecular complexity index is 481. The van der Waals surface area contributed by atoms with E-state index in [4.69, 9.17) is 5.26 Å². The molecule has 2 atom stereocenters. The summed E-state index contributed by atoms with van der Waals surface area (Å²) in [6.45, 7) is 9.32. The minimum absolute atomic E-state index is 0.115. The second kappa shape index (κ2) is 5.42. The van der Waals surface area contributed by atoms with E-state index in [0.717, 1.165) is 5.56 Å². The summed E-state index contributed by atoms with van der Waals surface area (Å²) in [4.78, 5) is 0. The van der Waals surface area contributed by atoms with E-state index in [-0.39, 0.29) is 4.08 Å². The molecule has 3 heteroatoms. The van der Waals surface area contributed by atoms with Crippen LogP contribution in [0.2, 0.25) is 0 Å². The molecule has 0 bridgehead atoms. The Hall–Kier alpha value is -0.590. The van der Waals surface area contributed by atoms with Crippen LogP contribution in [0.3, 0.4) is 0 Å². The zero-order valence-corrected chi connectivity index (χ0v) is 13.7. The van der Waals surface area contributed by atoms with E-state index >= 15 is 0 Å². The first-order valence-corrected chi connectivity index (χ1v) is 8.54. The molecular weight excluding hydrogens is 270 g/mol. The lowest BCUT2D eigenvalue weighted by Gasteiger charge is -2.42. The summed E-state index contributed by atoms with van der Waals surface area (Å²) in [6, 6.07) is 10.3. The van der Waals surface area contributed by atoms with Crippen molar-refractivity contribution in [1.82, 2.24) is 0 Å². The van der Waals surface area contributed by atoms with Gasteiger partial charge in [0, 0.05) is 5.25 Å². The Morgan fingerprint density at radius 1 is 1.26 bits per heavy atom. The van der Waals surface area contributed by atoms with Gasteiger partial charge in [-0.05, 0) is 42.2 Å². The Morgan fingerprint density at radius 3 is 2.42 bits per heavy atom. The second-order valence-corrected chi connectivity index (χ2v) is 9.64. The minimum Gasteiger partial charge on any atom is -0.192 e. The molecule has 1 aliphatic heterocycles. The molecule has 1 aromatic carbocycles. The first-order chi connectivity index (χ1) is 8.85. The van der Waals surface area contributed by atoms with Crippen molar-refractivity contribution in [2.75, 3.05) is 5.75 Å². The molecule has 1 heterocycles. The Labute approximate surface area is 125 Å². The van der Waals surface area contributed by atoms with Crippen LogP contribution in [0.25, 0.3) is 0 Å². The minimum atomic E-state index is 0.115. The standard InChI is InChI=1S/C16H21NS2/c1-15(2,3)14-9-10-18-16(4,19-14)13-7-5-12(11-17)6-8-13/h5-8,14H,9-10H2,1-4H3/t14?,16-/m0/s1. The van der Waals surface area contributed by atoms with Gasteiger partial charge >= 0.3 is 0 Å². The summed E-state index contributed by atoms with van der Waals surface area (Å²) in [5.41, 5.74) is 2.42. The second-order valence-electron chi connectivity index (χ2n) is 6.24. The summed E-state index contributed by atoms with van der Waals surface area (Å²) in [5, 5.41) is 9.58. The highest BCUT2D eigenvalue weighted by Crippen LogP contribution is 2.56. The van der Waals surface area contributed by atoms with Crippen LogP contribution in [0.4, 0.5) is 0 Å². The SMILES string of the molecule is CC(C)(C)C1CCS[C@](C)(c2ccc(C#N)cc2)S1. The van der Waals surface area contributed by atoms with Gasteiger partial charge in [0.15, 0.2) is 0 Å². The fraction of sp³-hybridized carbons (Fsp3) is 0.562. The Balaban J connectivity index is 2.24. The van der Waals surface area contributed by atoms with Crippen LogP contribution < -0.4 is 0 Å². The highest BCUT2D eigenvalue weighted by molar-refractivity contribution is 8.18. The van der Waals surface area contributed by atoms with Crippen LogP contribution in [0, 0.1) is 16.7 Å². The van der Waals surface area contributed by atoms with Crippen LogP contribution in [0.1, 0.15) is 45.2 Å². The average Bonchev–Trinajstić information content (AvgIpc) is 2.38. The van der Waals surface area contributed by atoms with Crippen molar-refractivity contribution in [2.45, 2.75) is 43.4 Å². The van der Waals surface area contributed by atoms with Gasteiger partial charge in [-0.2, -0.15) is 5.26 Å². The van der Waals surface area contributed by atoms with Gasteiger partial charge in [-0.1, -0.05) is 32.9 Å². The third-order valence-corrected chi connectivity index (χ3v) is 7.41. The topological polar surface area (TPSA) is 23.8 Å². The van der Waals surface area contributed by atoms with Gasteiger partial charge < -0.3 is 0 Å². The normalized spacial score (nSPS) is 27.8. The third-order valence-electron chi connectivity index (χ3n) is 3.63. The number of thioether (sulfide) groups is 2. The van der Waals surface area contributed by atoms with Gasteiger partial charge in [0.1, 0.15) is 0 Å². The largest absolute Gasteiger partial charge is 0.192 e. The van der Waals surface area contributed by atoms with Gasteiger partial charge in [-0.15, -0.1) is 23.5 Å². The molecule has 1 saturated heterocycles. The molecule has 0 spiro atoms. The monoisotopic (exact) mass is 291 g/mol. The van der Waals surface area contributed by atoms with Crippen LogP contribution in [0.15, 0.2) is 24.3 Å². The zero-order chi connectivity index (χ0) is 14.1. The number of rotatable bonds is 1. The number of nitriles is 1. The summed E-state index contributed by atoms with van der Waals surface area (Å²) >= 11 is 4.12. The Kier molecular flexibility index (Phi) is 4.23. The highest BCUT2D eigenvalue weighted by Gasteiger charge is 2.39. The molecule has 0 N–H and O–H groups in total. The molecule has 0 radical (unpaired) electrons. The van der Waals surface area contributed by atoms with Crippen molar-refractivity contribution in [2.24, 2.45) is 5.41 Å². The Morgan fingerprint density at radius 2 is 1.89 bits per heavy atom. The maximum Gasteiger partial charge on any atom is 0.0991 e. The maximum atomic E-state index is 8.89. The quantitative estimate of drug-likeness (QED) is 0.726. The van der Waals surface area contributed by atoms with E-state index in [2.05, 4.69) is 57.7 Å². The predicted octanol–water partition coefficient (Wildman–Crippen LogP) is 5.02. The van der Waals surface area contributed by atoms with Gasteiger partial charge in [-0.3, -0.25) is 0 Å². The molecule has 0 saturated carbocycles. The molecule has 0 amide bonds. The van der Waals surface area contributed by atoms with Crippen molar-refractivity contribution in [3.8, 4) is 6.07 Å². The lowest BCUT2D eigenvalue weighted by Crippen LogP contribution is -2.32. The van der Waals surface area contributed by atoms with Gasteiger partial charge in [0.05, 0.1) is 15.7 Å². The first kappa shape index (κ1) is 14.8. The van der Waals surface area contributed by atoms with E-state index in [1.165, 1.54) is 17.7 Å². The molecule has 1 aliphatic rings. The smallest absolute Gasteiger partial charge is 0.0991 e. The summed E-state index contributed by atoms with van der Waals surface area (Å²) < 4.78 is 0.115. The van der Waals surface area contributed by atoms with E-state index in [1.807, 2.05) is 23.9 Å². The number of benzene rings is 1. The molecule has 0 aliphatic carbocycles. The molecule has 19 heavy (non-hydrogen) atoms. The van der Waals surface area contributed by atoms with Crippen molar-refractivity contribution < 1.29 is 0 Å². The van der Waals surface area contributed by atoms with Gasteiger partial charge in [-0.25, -0.2) is 0 Å². The molecule has 1 fully saturated rings. The van der Waals surface area contributed by atoms with Crippen molar-refractivity contribution in [3.63, 3.8) is 0 Å². The molecule has 1 unspecified atom stereocenters. The molecule has 1 nitrogen and oxygen atoms in total. The lowest BCUT2D eigenvalue weighted by molar-refractivity contribution is 0.386. The van der Waals surface area contributed by atoms with E-state index in [1.54, 1.807) is 0 Å². The fourth-order valence-corrected chi connectivity index (χ4v) is 5.80. The predicted molar refractivity (Wildman–Crippen MR) is 86.4 cm³/mol. The van der Waals surface area contributed by atoms with Crippen LogP contribution in [0.5, 0.6) is 0 Å². The molecule has 102 valence electrons. The van der Waals surface area contributed by atoms with E-state index < -0.39 is 0 Å². The fourth-order valence-electron chi connectivity index (χ4n) is 2.33. The van der Waals surface area contributed by atoms with Crippen molar-refractivity contribution in [1.29, 1.82) is 5.26 Å². The summed E-state index contributed by atoms with van der Waals surface area (Å²) in [7, 11) is 0. The molecule has 1 aromatic rings. The van der Waals surface area contributed by atoms with Crippen LogP contribution in [-0.4, -0.2) is 11.0 Å². The maximum absolute atomic E-state index is 8.89. The zero-order valence-electron chi connectivity index (χ0n) is 12.1. The third kappa shape index (κ3) is 3.30. The number of nitrogens with zero attached hydrogens (tertiary/aromatic N) is 1. The number of hydrogen-bond donors (Lipinski definition) is 0. The number of hydrogen-bond acceptors (Lipinski definition) is 3. The van der Waals surface area contributed by atoms with E-state index in [9.17, 15) is 0 Å². The summed E-state index contributed by atoms with van der Waals surface area (Å²) in [6.07, 6.45) is 1.28. The van der Waals surface area contributed by atoms with Gasteiger partial charge in [0.2, 0.25) is 0 Å². The summed E-state index contributed by atoms with van der Waals surface area (Å²) in [5.74, 6) is 1.21. The van der Waals surface area contributed by atoms with Crippen LogP contribution >= 0.6 is 23.5 Å². The van der Waals surface area contributed by atoms with Crippen molar-refractivity contribution in [3.05, 3.63) is 35.4 Å². The first-order valence-electron chi connectivity index (χ1n) is 6.67. The van der Waals surface area contributed by atoms with Gasteiger partial charge in [0.25, 0.3) is 0 Å². The highest BCUT2D eigenvalue weighted by atomic mass is 32.2. The van der Waals surface area contributed by atoms with Crippen molar-refractivity contribution >= 4 is 23.5 Å². The lowest BCUT2D eigenvalue weighted by atomic mass is 9.90. The molecule has 2 rings (SSSR count). The van der Waals surface area contributed by atoms with E-state index in [0.29, 0.717) is 10.7 Å². The molecule has 0 aromatic heterocycles. The molecular formula is C16H21NS2. The average molecular weight is 291 g/mol.